The first-order chi connectivity index (χ1) is 26.9. The van der Waals surface area contributed by atoms with Gasteiger partial charge in [-0.05, 0) is 86.0 Å². The number of Topliss-reactive ketones (excluding diaryl/α,β-unsaturated/α-hetero) is 1. The lowest BCUT2D eigenvalue weighted by molar-refractivity contribution is -0.296. The van der Waals surface area contributed by atoms with E-state index in [9.17, 15) is 19.8 Å². The van der Waals surface area contributed by atoms with Gasteiger partial charge >= 0.3 is 5.97 Å². The topological polar surface area (TPSA) is 188 Å². The van der Waals surface area contributed by atoms with Crippen LogP contribution in [0, 0.1) is 17.8 Å². The summed E-state index contributed by atoms with van der Waals surface area (Å²) in [5, 5.41) is 36.1. The molecule has 3 N–H and O–H groups in total. The molecule has 13 atom stereocenters. The van der Waals surface area contributed by atoms with Crippen LogP contribution in [0.1, 0.15) is 80.2 Å². The number of fused-ring (bicyclic) bond motifs is 15. The first-order valence-electron chi connectivity index (χ1n) is 20.2. The number of rotatable bonds is 8. The lowest BCUT2D eigenvalue weighted by atomic mass is 9.79. The fourth-order valence-corrected chi connectivity index (χ4v) is 8.40. The highest BCUT2D eigenvalue weighted by molar-refractivity contribution is 6.00. The number of pyridine rings is 1. The molecule has 4 fully saturated rings. The fraction of sp³-hybridized carbons (Fsp3) is 0.732. The first-order valence-corrected chi connectivity index (χ1v) is 20.2. The zero-order valence-electron chi connectivity index (χ0n) is 35.2. The van der Waals surface area contributed by atoms with Crippen LogP contribution in [0.3, 0.4) is 0 Å². The van der Waals surface area contributed by atoms with Crippen LogP contribution in [0.5, 0.6) is 0 Å². The van der Waals surface area contributed by atoms with E-state index in [0.29, 0.717) is 30.9 Å². The predicted molar refractivity (Wildman–Crippen MR) is 210 cm³/mol. The largest absolute Gasteiger partial charge is 0.459 e. The molecule has 0 amide bonds. The lowest BCUT2D eigenvalue weighted by Gasteiger charge is -2.47. The van der Waals surface area contributed by atoms with Crippen LogP contribution in [0.2, 0.25) is 0 Å². The van der Waals surface area contributed by atoms with Gasteiger partial charge in [0.1, 0.15) is 36.0 Å². The summed E-state index contributed by atoms with van der Waals surface area (Å²) < 4.78 is 34.0. The molecular formula is C41H64N6O10. The van der Waals surface area contributed by atoms with E-state index < -0.39 is 65.5 Å². The molecule has 0 saturated carbocycles. The highest BCUT2D eigenvalue weighted by Gasteiger charge is 2.51. The Bertz CT molecular complexity index is 1640. The van der Waals surface area contributed by atoms with E-state index >= 15 is 0 Å². The molecule has 2 aromatic heterocycles. The Morgan fingerprint density at radius 3 is 2.53 bits per heavy atom. The average molecular weight is 801 g/mol. The lowest BCUT2D eigenvalue weighted by Crippen LogP contribution is -2.60. The van der Waals surface area contributed by atoms with Gasteiger partial charge in [0, 0.05) is 48.7 Å². The SMILES string of the molecule is CC[C@H]1OC(=O)[C@H](C)C(=O)[C@H](C)[C@@H](O[C@@H]2O[C@H](C)C[C@H](N(C)C)[C@H]2O)[C@@]2(C)C[C@@H](C)NC[C@H](C)[C@H](OC/C(=N\OCc3ccc(-n4cccn4)nc3)CO2)[C@]1(C)O. The number of hydrogen-bond donors (Lipinski definition) is 3. The molecule has 0 aliphatic carbocycles. The van der Waals surface area contributed by atoms with Crippen LogP contribution >= 0.6 is 0 Å². The normalized spacial score (nSPS) is 38.5. The van der Waals surface area contributed by atoms with E-state index in [0.717, 1.165) is 5.56 Å². The highest BCUT2D eigenvalue weighted by Crippen LogP contribution is 2.37. The second-order valence-electron chi connectivity index (χ2n) is 16.8. The van der Waals surface area contributed by atoms with Gasteiger partial charge in [0.25, 0.3) is 0 Å². The van der Waals surface area contributed by atoms with Gasteiger partial charge in [-0.1, -0.05) is 32.0 Å². The van der Waals surface area contributed by atoms with Gasteiger partial charge in [0.15, 0.2) is 17.9 Å². The number of nitrogens with one attached hydrogen (secondary N) is 1. The van der Waals surface area contributed by atoms with Crippen LogP contribution in [-0.4, -0.2) is 141 Å². The summed E-state index contributed by atoms with van der Waals surface area (Å²) in [6, 6.07) is 5.05. The summed E-state index contributed by atoms with van der Waals surface area (Å²) in [6.07, 6.45) is 1.08. The van der Waals surface area contributed by atoms with Crippen molar-refractivity contribution in [1.82, 2.24) is 25.0 Å². The van der Waals surface area contributed by atoms with Gasteiger partial charge in [0.2, 0.25) is 0 Å². The molecule has 0 aromatic carbocycles. The van der Waals surface area contributed by atoms with Crippen molar-refractivity contribution in [3.05, 3.63) is 42.4 Å². The monoisotopic (exact) mass is 800 g/mol. The van der Waals surface area contributed by atoms with E-state index in [1.807, 2.05) is 71.8 Å². The zero-order chi connectivity index (χ0) is 41.7. The number of ether oxygens (including phenoxy) is 5. The van der Waals surface area contributed by atoms with E-state index in [4.69, 9.17) is 28.5 Å². The van der Waals surface area contributed by atoms with Gasteiger partial charge in [-0.25, -0.2) is 9.67 Å². The van der Waals surface area contributed by atoms with Crippen LogP contribution in [-0.2, 0) is 44.7 Å². The van der Waals surface area contributed by atoms with Gasteiger partial charge in [0.05, 0.1) is 37.1 Å². The molecule has 0 spiro atoms. The molecule has 4 aliphatic heterocycles. The molecule has 2 bridgehead atoms. The molecule has 0 unspecified atom stereocenters. The maximum atomic E-state index is 14.4. The minimum Gasteiger partial charge on any atom is -0.459 e. The Balaban J connectivity index is 1.55. The molecule has 4 saturated heterocycles. The second-order valence-corrected chi connectivity index (χ2v) is 16.8. The van der Waals surface area contributed by atoms with Crippen LogP contribution in [0.25, 0.3) is 5.82 Å². The molecule has 6 heterocycles. The standard InChI is InChI=1S/C41H64N6O10/c1-11-32-41(8,51)36-24(2)19-42-25(3)18-40(7,53-23-30(22-52-36)45-54-21-29-13-14-33(43-20-29)47-16-12-15-44-47)37(27(5)34(48)28(6)38(50)56-32)57-39-35(49)31(46(9)10)17-26(4)55-39/h12-16,20,24-28,31-32,35-37,39,42,49,51H,11,17-19,21-23H2,1-10H3/b45-30+/t24-,25+,26+,27-,28+,31-,32+,35+,36-,37+,39-,40+,41+/m0/s1. The Kier molecular flexibility index (Phi) is 15.0. The van der Waals surface area contributed by atoms with Gasteiger partial charge in [-0.2, -0.15) is 5.10 Å². The van der Waals surface area contributed by atoms with Crippen molar-refractivity contribution < 1.29 is 48.3 Å². The number of esters is 1. The summed E-state index contributed by atoms with van der Waals surface area (Å²) in [5.41, 5.74) is -1.76. The molecule has 318 valence electrons. The minimum absolute atomic E-state index is 0.0941. The van der Waals surface area contributed by atoms with Crippen LogP contribution in [0.15, 0.2) is 41.9 Å². The summed E-state index contributed by atoms with van der Waals surface area (Å²) in [5.74, 6) is -2.98. The maximum Gasteiger partial charge on any atom is 0.316 e. The summed E-state index contributed by atoms with van der Waals surface area (Å²) >= 11 is 0. The number of aromatic nitrogens is 3. The molecule has 16 heteroatoms. The fourth-order valence-electron chi connectivity index (χ4n) is 8.40. The van der Waals surface area contributed by atoms with Crippen molar-refractivity contribution in [3.63, 3.8) is 0 Å². The quantitative estimate of drug-likeness (QED) is 0.201. The predicted octanol–water partition coefficient (Wildman–Crippen LogP) is 3.06. The summed E-state index contributed by atoms with van der Waals surface area (Å²) in [7, 11) is 3.78. The number of ketones is 1. The number of oxime groups is 1. The Hall–Kier alpha value is -3.35. The van der Waals surface area contributed by atoms with Crippen LogP contribution < -0.4 is 5.32 Å². The first kappa shape index (κ1) is 44.7. The summed E-state index contributed by atoms with van der Waals surface area (Å²) in [6.45, 7) is 14.7. The number of aliphatic hydroxyl groups is 2. The Morgan fingerprint density at radius 2 is 1.88 bits per heavy atom. The maximum absolute atomic E-state index is 14.4. The van der Waals surface area contributed by atoms with Crippen molar-refractivity contribution in [1.29, 1.82) is 0 Å². The Morgan fingerprint density at radius 1 is 1.12 bits per heavy atom. The molecule has 6 rings (SSSR count). The minimum atomic E-state index is -1.67. The molecule has 0 radical (unpaired) electrons. The average Bonchev–Trinajstić information content (AvgIpc) is 3.71. The molecule has 16 nitrogen and oxygen atoms in total. The van der Waals surface area contributed by atoms with E-state index in [2.05, 4.69) is 20.6 Å². The van der Waals surface area contributed by atoms with E-state index in [1.54, 1.807) is 37.1 Å². The smallest absolute Gasteiger partial charge is 0.316 e. The second kappa shape index (κ2) is 19.1. The third-order valence-corrected chi connectivity index (χ3v) is 11.7. The summed E-state index contributed by atoms with van der Waals surface area (Å²) in [4.78, 5) is 40.5. The molecular weight excluding hydrogens is 736 g/mol. The highest BCUT2D eigenvalue weighted by atomic mass is 16.7. The number of aliphatic hydroxyl groups excluding tert-OH is 1. The van der Waals surface area contributed by atoms with Crippen molar-refractivity contribution in [3.8, 4) is 5.82 Å². The molecule has 57 heavy (non-hydrogen) atoms. The van der Waals surface area contributed by atoms with Gasteiger partial charge < -0.3 is 49.0 Å². The number of hydrogen-bond acceptors (Lipinski definition) is 15. The number of carbonyl (C=O) groups is 2. The molecule has 2 aromatic rings. The third kappa shape index (κ3) is 10.6. The van der Waals surface area contributed by atoms with Crippen LogP contribution in [0.4, 0.5) is 0 Å². The van der Waals surface area contributed by atoms with Gasteiger partial charge in [-0.3, -0.25) is 9.59 Å². The zero-order valence-corrected chi connectivity index (χ0v) is 35.2. The van der Waals surface area contributed by atoms with Crippen molar-refractivity contribution in [2.24, 2.45) is 22.9 Å². The molecule has 4 aliphatic rings. The number of nitrogens with zero attached hydrogens (tertiary/aromatic N) is 5. The third-order valence-electron chi connectivity index (χ3n) is 11.7. The van der Waals surface area contributed by atoms with Crippen molar-refractivity contribution in [2.45, 2.75) is 141 Å². The Labute approximate surface area is 336 Å². The van der Waals surface area contributed by atoms with Crippen molar-refractivity contribution in [2.75, 3.05) is 33.9 Å². The van der Waals surface area contributed by atoms with Gasteiger partial charge in [-0.15, -0.1) is 0 Å². The van der Waals surface area contributed by atoms with E-state index in [1.165, 1.54) is 6.92 Å². The number of carbonyl (C=O) groups excluding carboxylic acids is 2. The number of likely N-dealkylation sites (N-methyl/N-ethyl adjacent to an activating group) is 1. The van der Waals surface area contributed by atoms with Crippen molar-refractivity contribution >= 4 is 17.5 Å². The van der Waals surface area contributed by atoms with E-state index in [-0.39, 0.29) is 50.3 Å².